The number of halogens is 1. The standard InChI is InChI=1S/C12H16ClNO2/c1-9(2)7-8-16-12(15)14-11-5-3-10(13)4-6-11/h3-6,9H,7-8H2,1-2H3,(H,14,15). The Kier molecular flexibility index (Phi) is 5.12. The van der Waals surface area contributed by atoms with Gasteiger partial charge in [0.1, 0.15) is 0 Å². The first kappa shape index (κ1) is 12.8. The summed E-state index contributed by atoms with van der Waals surface area (Å²) < 4.78 is 5.00. The summed E-state index contributed by atoms with van der Waals surface area (Å²) in [5.74, 6) is 0.531. The van der Waals surface area contributed by atoms with Crippen molar-refractivity contribution in [1.29, 1.82) is 0 Å². The number of nitrogens with one attached hydrogen (secondary N) is 1. The molecule has 0 aliphatic carbocycles. The van der Waals surface area contributed by atoms with Gasteiger partial charge >= 0.3 is 6.09 Å². The van der Waals surface area contributed by atoms with Crippen molar-refractivity contribution in [2.24, 2.45) is 5.92 Å². The smallest absolute Gasteiger partial charge is 0.411 e. The summed E-state index contributed by atoms with van der Waals surface area (Å²) in [6, 6.07) is 6.88. The van der Waals surface area contributed by atoms with E-state index in [1.54, 1.807) is 24.3 Å². The van der Waals surface area contributed by atoms with E-state index in [0.29, 0.717) is 23.2 Å². The fraction of sp³-hybridized carbons (Fsp3) is 0.417. The molecule has 0 aliphatic rings. The predicted octanol–water partition coefficient (Wildman–Crippen LogP) is 3.93. The van der Waals surface area contributed by atoms with Gasteiger partial charge in [0, 0.05) is 10.7 Å². The maximum atomic E-state index is 11.3. The van der Waals surface area contributed by atoms with E-state index in [-0.39, 0.29) is 0 Å². The third kappa shape index (κ3) is 5.03. The van der Waals surface area contributed by atoms with Crippen LogP contribution in [0.3, 0.4) is 0 Å². The molecule has 1 N–H and O–H groups in total. The maximum Gasteiger partial charge on any atom is 0.411 e. The first-order valence-corrected chi connectivity index (χ1v) is 5.65. The molecular weight excluding hydrogens is 226 g/mol. The lowest BCUT2D eigenvalue weighted by molar-refractivity contribution is 0.155. The van der Waals surface area contributed by atoms with Crippen LogP contribution in [0.25, 0.3) is 0 Å². The van der Waals surface area contributed by atoms with Crippen LogP contribution in [0.15, 0.2) is 24.3 Å². The average molecular weight is 242 g/mol. The first-order valence-electron chi connectivity index (χ1n) is 5.27. The van der Waals surface area contributed by atoms with E-state index in [1.807, 2.05) is 0 Å². The number of ether oxygens (including phenoxy) is 1. The Balaban J connectivity index is 2.31. The van der Waals surface area contributed by atoms with E-state index in [4.69, 9.17) is 16.3 Å². The maximum absolute atomic E-state index is 11.3. The second kappa shape index (κ2) is 6.38. The number of anilines is 1. The van der Waals surface area contributed by atoms with Gasteiger partial charge in [0.2, 0.25) is 0 Å². The lowest BCUT2D eigenvalue weighted by Gasteiger charge is -2.08. The van der Waals surface area contributed by atoms with Gasteiger partial charge in [0.25, 0.3) is 0 Å². The van der Waals surface area contributed by atoms with Crippen LogP contribution < -0.4 is 5.32 Å². The van der Waals surface area contributed by atoms with E-state index in [0.717, 1.165) is 6.42 Å². The van der Waals surface area contributed by atoms with Crippen molar-refractivity contribution in [3.05, 3.63) is 29.3 Å². The van der Waals surface area contributed by atoms with E-state index >= 15 is 0 Å². The number of carbonyl (C=O) groups is 1. The molecule has 0 radical (unpaired) electrons. The van der Waals surface area contributed by atoms with Crippen LogP contribution in [0, 0.1) is 5.92 Å². The van der Waals surface area contributed by atoms with Crippen LogP contribution in [0.2, 0.25) is 5.02 Å². The topological polar surface area (TPSA) is 38.3 Å². The van der Waals surface area contributed by atoms with Gasteiger partial charge in [-0.15, -0.1) is 0 Å². The number of amides is 1. The quantitative estimate of drug-likeness (QED) is 0.867. The Hall–Kier alpha value is -1.22. The molecule has 0 atom stereocenters. The summed E-state index contributed by atoms with van der Waals surface area (Å²) in [5.41, 5.74) is 0.680. The molecule has 0 fully saturated rings. The van der Waals surface area contributed by atoms with Gasteiger partial charge in [-0.3, -0.25) is 5.32 Å². The van der Waals surface area contributed by atoms with Crippen LogP contribution in [0.1, 0.15) is 20.3 Å². The van der Waals surface area contributed by atoms with Crippen molar-refractivity contribution in [1.82, 2.24) is 0 Å². The number of benzene rings is 1. The summed E-state index contributed by atoms with van der Waals surface area (Å²) in [6.45, 7) is 4.61. The number of hydrogen-bond acceptors (Lipinski definition) is 2. The molecule has 0 heterocycles. The molecule has 4 heteroatoms. The zero-order valence-corrected chi connectivity index (χ0v) is 10.3. The summed E-state index contributed by atoms with van der Waals surface area (Å²) >= 11 is 5.72. The highest BCUT2D eigenvalue weighted by Crippen LogP contribution is 2.13. The molecule has 0 saturated heterocycles. The summed E-state index contributed by atoms with van der Waals surface area (Å²) in [7, 11) is 0. The van der Waals surface area contributed by atoms with Crippen LogP contribution in [0.5, 0.6) is 0 Å². The van der Waals surface area contributed by atoms with Crippen LogP contribution >= 0.6 is 11.6 Å². The van der Waals surface area contributed by atoms with E-state index < -0.39 is 6.09 Å². The highest BCUT2D eigenvalue weighted by Gasteiger charge is 2.03. The molecular formula is C12H16ClNO2. The average Bonchev–Trinajstić information content (AvgIpc) is 2.21. The van der Waals surface area contributed by atoms with Crippen molar-refractivity contribution in [2.75, 3.05) is 11.9 Å². The molecule has 0 bridgehead atoms. The Morgan fingerprint density at radius 2 is 2.00 bits per heavy atom. The van der Waals surface area contributed by atoms with Crippen molar-refractivity contribution in [2.45, 2.75) is 20.3 Å². The Bertz CT molecular complexity index is 335. The second-order valence-electron chi connectivity index (χ2n) is 3.95. The molecule has 1 aromatic rings. The van der Waals surface area contributed by atoms with Crippen molar-refractivity contribution < 1.29 is 9.53 Å². The Morgan fingerprint density at radius 3 is 2.56 bits per heavy atom. The molecule has 1 aromatic carbocycles. The third-order valence-corrected chi connectivity index (χ3v) is 2.27. The van der Waals surface area contributed by atoms with Crippen LogP contribution in [-0.4, -0.2) is 12.7 Å². The number of carbonyl (C=O) groups excluding carboxylic acids is 1. The molecule has 88 valence electrons. The summed E-state index contributed by atoms with van der Waals surface area (Å²) in [5, 5.41) is 3.26. The van der Waals surface area contributed by atoms with Crippen molar-refractivity contribution in [3.8, 4) is 0 Å². The van der Waals surface area contributed by atoms with E-state index in [9.17, 15) is 4.79 Å². The zero-order valence-electron chi connectivity index (χ0n) is 9.50. The highest BCUT2D eigenvalue weighted by molar-refractivity contribution is 6.30. The molecule has 0 aliphatic heterocycles. The van der Waals surface area contributed by atoms with E-state index in [2.05, 4.69) is 19.2 Å². The minimum absolute atomic E-state index is 0.428. The minimum Gasteiger partial charge on any atom is -0.449 e. The molecule has 0 spiro atoms. The monoisotopic (exact) mass is 241 g/mol. The summed E-state index contributed by atoms with van der Waals surface area (Å²) in [4.78, 5) is 11.3. The zero-order chi connectivity index (χ0) is 12.0. The largest absolute Gasteiger partial charge is 0.449 e. The molecule has 1 rings (SSSR count). The molecule has 1 amide bonds. The third-order valence-electron chi connectivity index (χ3n) is 2.02. The minimum atomic E-state index is -0.428. The fourth-order valence-electron chi connectivity index (χ4n) is 1.07. The van der Waals surface area contributed by atoms with Gasteiger partial charge in [0.05, 0.1) is 6.61 Å². The molecule has 0 unspecified atom stereocenters. The van der Waals surface area contributed by atoms with Gasteiger partial charge in [-0.1, -0.05) is 25.4 Å². The van der Waals surface area contributed by atoms with Gasteiger partial charge in [-0.2, -0.15) is 0 Å². The second-order valence-corrected chi connectivity index (χ2v) is 4.39. The van der Waals surface area contributed by atoms with Crippen molar-refractivity contribution in [3.63, 3.8) is 0 Å². The molecule has 0 saturated carbocycles. The number of rotatable bonds is 4. The molecule has 0 aromatic heterocycles. The van der Waals surface area contributed by atoms with Gasteiger partial charge in [-0.05, 0) is 36.6 Å². The molecule has 16 heavy (non-hydrogen) atoms. The number of hydrogen-bond donors (Lipinski definition) is 1. The fourth-order valence-corrected chi connectivity index (χ4v) is 1.20. The van der Waals surface area contributed by atoms with Crippen LogP contribution in [-0.2, 0) is 4.74 Å². The van der Waals surface area contributed by atoms with E-state index in [1.165, 1.54) is 0 Å². The Morgan fingerprint density at radius 1 is 1.38 bits per heavy atom. The Labute approximate surface area is 101 Å². The molecule has 3 nitrogen and oxygen atoms in total. The van der Waals surface area contributed by atoms with Crippen LogP contribution in [0.4, 0.5) is 10.5 Å². The summed E-state index contributed by atoms with van der Waals surface area (Å²) in [6.07, 6.45) is 0.441. The van der Waals surface area contributed by atoms with Gasteiger partial charge < -0.3 is 4.74 Å². The predicted molar refractivity (Wildman–Crippen MR) is 65.9 cm³/mol. The van der Waals surface area contributed by atoms with Gasteiger partial charge in [-0.25, -0.2) is 4.79 Å². The SMILES string of the molecule is CC(C)CCOC(=O)Nc1ccc(Cl)cc1. The highest BCUT2D eigenvalue weighted by atomic mass is 35.5. The lowest BCUT2D eigenvalue weighted by Crippen LogP contribution is -2.15. The lowest BCUT2D eigenvalue weighted by atomic mass is 10.1. The van der Waals surface area contributed by atoms with Gasteiger partial charge in [0.15, 0.2) is 0 Å². The first-order chi connectivity index (χ1) is 7.58. The normalized spacial score (nSPS) is 10.2. The van der Waals surface area contributed by atoms with Crippen molar-refractivity contribution >= 4 is 23.4 Å².